The van der Waals surface area contributed by atoms with Gasteiger partial charge in [0.05, 0.1) is 5.02 Å². The molecule has 2 aromatic rings. The normalized spacial score (nSPS) is 17.7. The molecule has 1 aliphatic rings. The van der Waals surface area contributed by atoms with Crippen LogP contribution in [0.15, 0.2) is 18.3 Å². The maximum absolute atomic E-state index is 5.98. The summed E-state index contributed by atoms with van der Waals surface area (Å²) in [7, 11) is 0. The van der Waals surface area contributed by atoms with Crippen molar-refractivity contribution < 1.29 is 0 Å². The maximum Gasteiger partial charge on any atom is 0.243 e. The molecular weight excluding hydrogens is 284 g/mol. The topological polar surface area (TPSA) is 42.2 Å². The number of rotatable bonds is 5. The lowest BCUT2D eigenvalue weighted by molar-refractivity contribution is 0.252. The molecule has 0 aliphatic heterocycles. The van der Waals surface area contributed by atoms with Gasteiger partial charge < -0.3 is 5.32 Å². The van der Waals surface area contributed by atoms with Crippen LogP contribution in [0.4, 0.5) is 5.95 Å². The minimum Gasteiger partial charge on any atom is -0.352 e. The van der Waals surface area contributed by atoms with Crippen molar-refractivity contribution in [3.8, 4) is 0 Å². The van der Waals surface area contributed by atoms with Crippen LogP contribution < -0.4 is 5.32 Å². The van der Waals surface area contributed by atoms with E-state index in [0.717, 1.165) is 18.1 Å². The Kier molecular flexibility index (Phi) is 4.07. The lowest BCUT2D eigenvalue weighted by Gasteiger charge is -2.30. The van der Waals surface area contributed by atoms with E-state index < -0.39 is 0 Å². The molecule has 5 heteroatoms. The Morgan fingerprint density at radius 3 is 2.81 bits per heavy atom. The molecule has 4 nitrogen and oxygen atoms in total. The predicted octanol–water partition coefficient (Wildman–Crippen LogP) is 4.40. The Morgan fingerprint density at radius 1 is 1.33 bits per heavy atom. The zero-order valence-corrected chi connectivity index (χ0v) is 13.5. The molecule has 1 N–H and O–H groups in total. The van der Waals surface area contributed by atoms with Gasteiger partial charge in [-0.3, -0.25) is 0 Å². The monoisotopic (exact) mass is 306 g/mol. The molecule has 0 radical (unpaired) electrons. The van der Waals surface area contributed by atoms with Gasteiger partial charge in [0, 0.05) is 12.7 Å². The number of aromatic nitrogens is 3. The van der Waals surface area contributed by atoms with Crippen molar-refractivity contribution in [2.75, 3.05) is 11.9 Å². The lowest BCUT2D eigenvalue weighted by Crippen LogP contribution is -2.28. The smallest absolute Gasteiger partial charge is 0.243 e. The third kappa shape index (κ3) is 3.31. The van der Waals surface area contributed by atoms with Crippen LogP contribution in [0.5, 0.6) is 0 Å². The third-order valence-corrected chi connectivity index (χ3v) is 4.65. The highest BCUT2D eigenvalue weighted by molar-refractivity contribution is 6.30. The van der Waals surface area contributed by atoms with Crippen molar-refractivity contribution in [1.82, 2.24) is 14.6 Å². The van der Waals surface area contributed by atoms with Crippen molar-refractivity contribution in [3.05, 3.63) is 23.4 Å². The number of pyridine rings is 1. The third-order valence-electron chi connectivity index (χ3n) is 4.42. The van der Waals surface area contributed by atoms with Crippen LogP contribution in [0.3, 0.4) is 0 Å². The molecule has 0 bridgehead atoms. The van der Waals surface area contributed by atoms with Gasteiger partial charge >= 0.3 is 0 Å². The SMILES string of the molecule is CC(C)CC1(CNc2nc3ccc(Cl)cn3n2)CCCC1. The predicted molar refractivity (Wildman–Crippen MR) is 86.8 cm³/mol. The Hall–Kier alpha value is -1.29. The standard InChI is InChI=1S/C16H23ClN4/c1-12(2)9-16(7-3-4-8-16)11-18-15-19-14-6-5-13(17)10-21(14)20-15/h5-6,10,12H,3-4,7-9,11H2,1-2H3,(H,18,20). The molecule has 0 amide bonds. The summed E-state index contributed by atoms with van der Waals surface area (Å²) in [6, 6.07) is 3.73. The first kappa shape index (κ1) is 14.6. The minimum absolute atomic E-state index is 0.420. The molecule has 2 heterocycles. The van der Waals surface area contributed by atoms with E-state index in [1.54, 1.807) is 10.7 Å². The van der Waals surface area contributed by atoms with Crippen molar-refractivity contribution in [1.29, 1.82) is 0 Å². The van der Waals surface area contributed by atoms with E-state index in [9.17, 15) is 0 Å². The van der Waals surface area contributed by atoms with E-state index in [4.69, 9.17) is 11.6 Å². The van der Waals surface area contributed by atoms with E-state index in [1.807, 2.05) is 12.1 Å². The summed E-state index contributed by atoms with van der Waals surface area (Å²) in [4.78, 5) is 4.51. The highest BCUT2D eigenvalue weighted by atomic mass is 35.5. The van der Waals surface area contributed by atoms with E-state index in [0.29, 0.717) is 16.4 Å². The fraction of sp³-hybridized carbons (Fsp3) is 0.625. The molecule has 1 aliphatic carbocycles. The van der Waals surface area contributed by atoms with Gasteiger partial charge in [0.25, 0.3) is 0 Å². The molecule has 0 atom stereocenters. The van der Waals surface area contributed by atoms with Crippen LogP contribution in [0.25, 0.3) is 5.65 Å². The molecule has 0 spiro atoms. The quantitative estimate of drug-likeness (QED) is 0.890. The Labute approximate surface area is 130 Å². The van der Waals surface area contributed by atoms with E-state index in [2.05, 4.69) is 29.2 Å². The van der Waals surface area contributed by atoms with Crippen molar-refractivity contribution >= 4 is 23.2 Å². The van der Waals surface area contributed by atoms with E-state index >= 15 is 0 Å². The Bertz CT molecular complexity index is 614. The molecular formula is C16H23ClN4. The summed E-state index contributed by atoms with van der Waals surface area (Å²) in [5.74, 6) is 1.44. The van der Waals surface area contributed by atoms with Crippen LogP contribution in [0.1, 0.15) is 46.0 Å². The van der Waals surface area contributed by atoms with Crippen molar-refractivity contribution in [2.24, 2.45) is 11.3 Å². The van der Waals surface area contributed by atoms with Crippen LogP contribution >= 0.6 is 11.6 Å². The van der Waals surface area contributed by atoms with E-state index in [1.165, 1.54) is 32.1 Å². The van der Waals surface area contributed by atoms with Crippen LogP contribution in [0, 0.1) is 11.3 Å². The van der Waals surface area contributed by atoms with Crippen LogP contribution in [-0.2, 0) is 0 Å². The Balaban J connectivity index is 1.72. The number of nitrogens with zero attached hydrogens (tertiary/aromatic N) is 3. The second kappa shape index (κ2) is 5.84. The molecule has 0 aromatic carbocycles. The lowest BCUT2D eigenvalue weighted by atomic mass is 9.78. The zero-order chi connectivity index (χ0) is 14.9. The molecule has 2 aromatic heterocycles. The van der Waals surface area contributed by atoms with Gasteiger partial charge in [-0.1, -0.05) is 38.3 Å². The van der Waals surface area contributed by atoms with Gasteiger partial charge in [-0.15, -0.1) is 5.10 Å². The maximum atomic E-state index is 5.98. The number of fused-ring (bicyclic) bond motifs is 1. The number of nitrogens with one attached hydrogen (secondary N) is 1. The first-order valence-electron chi connectivity index (χ1n) is 7.82. The summed E-state index contributed by atoms with van der Waals surface area (Å²) in [5.41, 5.74) is 1.25. The highest BCUT2D eigenvalue weighted by Gasteiger charge is 2.34. The van der Waals surface area contributed by atoms with Gasteiger partial charge in [0.15, 0.2) is 5.65 Å². The van der Waals surface area contributed by atoms with E-state index in [-0.39, 0.29) is 0 Å². The zero-order valence-electron chi connectivity index (χ0n) is 12.8. The second-order valence-corrected chi connectivity index (χ2v) is 7.18. The largest absolute Gasteiger partial charge is 0.352 e. The van der Waals surface area contributed by atoms with Gasteiger partial charge in [-0.05, 0) is 42.7 Å². The average Bonchev–Trinajstić information content (AvgIpc) is 3.02. The second-order valence-electron chi connectivity index (χ2n) is 6.74. The number of halogens is 1. The number of hydrogen-bond acceptors (Lipinski definition) is 3. The highest BCUT2D eigenvalue weighted by Crippen LogP contribution is 2.43. The summed E-state index contributed by atoms with van der Waals surface area (Å²) in [6.07, 6.45) is 8.40. The van der Waals surface area contributed by atoms with Gasteiger partial charge in [0.1, 0.15) is 0 Å². The molecule has 3 rings (SSSR count). The van der Waals surface area contributed by atoms with Crippen LogP contribution in [0.2, 0.25) is 5.02 Å². The summed E-state index contributed by atoms with van der Waals surface area (Å²) in [6.45, 7) is 5.59. The number of anilines is 1. The molecule has 1 fully saturated rings. The summed E-state index contributed by atoms with van der Waals surface area (Å²) in [5, 5.41) is 8.58. The minimum atomic E-state index is 0.420. The Morgan fingerprint density at radius 2 is 2.10 bits per heavy atom. The molecule has 114 valence electrons. The fourth-order valence-corrected chi connectivity index (χ4v) is 3.80. The van der Waals surface area contributed by atoms with Gasteiger partial charge in [0.2, 0.25) is 5.95 Å². The van der Waals surface area contributed by atoms with Gasteiger partial charge in [-0.25, -0.2) is 4.52 Å². The number of hydrogen-bond donors (Lipinski definition) is 1. The average molecular weight is 307 g/mol. The molecule has 0 saturated heterocycles. The summed E-state index contributed by atoms with van der Waals surface area (Å²) < 4.78 is 1.73. The summed E-state index contributed by atoms with van der Waals surface area (Å²) >= 11 is 5.98. The van der Waals surface area contributed by atoms with Crippen molar-refractivity contribution in [2.45, 2.75) is 46.0 Å². The molecule has 0 unspecified atom stereocenters. The van der Waals surface area contributed by atoms with Crippen LogP contribution in [-0.4, -0.2) is 21.1 Å². The molecule has 1 saturated carbocycles. The fourth-order valence-electron chi connectivity index (χ4n) is 3.64. The van der Waals surface area contributed by atoms with Crippen molar-refractivity contribution in [3.63, 3.8) is 0 Å². The van der Waals surface area contributed by atoms with Gasteiger partial charge in [-0.2, -0.15) is 4.98 Å². The first-order valence-corrected chi connectivity index (χ1v) is 8.20. The molecule has 21 heavy (non-hydrogen) atoms. The first-order chi connectivity index (χ1) is 10.1.